The Bertz CT molecular complexity index is 698. The highest BCUT2D eigenvalue weighted by molar-refractivity contribution is 7.89. The van der Waals surface area contributed by atoms with Gasteiger partial charge in [-0.05, 0) is 30.9 Å². The summed E-state index contributed by atoms with van der Waals surface area (Å²) in [6, 6.07) is 6.74. The molecule has 2 fully saturated rings. The third-order valence-electron chi connectivity index (χ3n) is 4.92. The van der Waals surface area contributed by atoms with Crippen LogP contribution in [0.5, 0.6) is 5.75 Å². The molecular formula is C17H24N2O4S. The molecule has 1 amide bonds. The molecule has 1 aliphatic heterocycles. The first-order valence-corrected chi connectivity index (χ1v) is 9.91. The summed E-state index contributed by atoms with van der Waals surface area (Å²) in [6.07, 6.45) is 4.95. The van der Waals surface area contributed by atoms with Gasteiger partial charge in [0.2, 0.25) is 15.9 Å². The second-order valence-corrected chi connectivity index (χ2v) is 8.35. The number of likely N-dealkylation sites (tertiary alicyclic amines) is 1. The molecule has 0 bridgehead atoms. The highest BCUT2D eigenvalue weighted by atomic mass is 32.2. The first-order chi connectivity index (χ1) is 11.5. The molecule has 3 rings (SSSR count). The smallest absolute Gasteiger partial charge is 0.240 e. The number of nitrogens with one attached hydrogen (secondary N) is 1. The van der Waals surface area contributed by atoms with Crippen molar-refractivity contribution in [2.24, 2.45) is 5.92 Å². The van der Waals surface area contributed by atoms with E-state index in [1.807, 2.05) is 4.90 Å². The van der Waals surface area contributed by atoms with Gasteiger partial charge < -0.3 is 9.64 Å². The Morgan fingerprint density at radius 1 is 1.29 bits per heavy atom. The van der Waals surface area contributed by atoms with Crippen LogP contribution in [0, 0.1) is 5.92 Å². The molecule has 0 spiro atoms. The Morgan fingerprint density at radius 3 is 2.75 bits per heavy atom. The maximum atomic E-state index is 12.4. The van der Waals surface area contributed by atoms with Gasteiger partial charge in [0.15, 0.2) is 0 Å². The van der Waals surface area contributed by atoms with Crippen molar-refractivity contribution in [3.05, 3.63) is 24.3 Å². The van der Waals surface area contributed by atoms with Crippen LogP contribution in [0.4, 0.5) is 0 Å². The molecule has 1 heterocycles. The fourth-order valence-electron chi connectivity index (χ4n) is 3.59. The van der Waals surface area contributed by atoms with Gasteiger partial charge in [-0.15, -0.1) is 0 Å². The summed E-state index contributed by atoms with van der Waals surface area (Å²) in [7, 11) is -2.09. The van der Waals surface area contributed by atoms with Gasteiger partial charge in [0.05, 0.1) is 12.0 Å². The van der Waals surface area contributed by atoms with Crippen LogP contribution in [0.25, 0.3) is 0 Å². The van der Waals surface area contributed by atoms with E-state index in [0.717, 1.165) is 12.8 Å². The average molecular weight is 352 g/mol. The van der Waals surface area contributed by atoms with E-state index in [2.05, 4.69) is 4.72 Å². The maximum Gasteiger partial charge on any atom is 0.240 e. The van der Waals surface area contributed by atoms with Crippen LogP contribution < -0.4 is 9.46 Å². The third kappa shape index (κ3) is 3.72. The van der Waals surface area contributed by atoms with Gasteiger partial charge in [0.1, 0.15) is 5.75 Å². The lowest BCUT2D eigenvalue weighted by Crippen LogP contribution is -2.36. The summed E-state index contributed by atoms with van der Waals surface area (Å²) in [5.74, 6) is 0.701. The van der Waals surface area contributed by atoms with E-state index in [0.29, 0.717) is 24.8 Å². The average Bonchev–Trinajstić information content (AvgIpc) is 3.22. The van der Waals surface area contributed by atoms with Crippen LogP contribution in [0.15, 0.2) is 29.2 Å². The van der Waals surface area contributed by atoms with E-state index in [9.17, 15) is 13.2 Å². The minimum atomic E-state index is -3.59. The molecule has 1 aliphatic carbocycles. The number of ether oxygens (including phenoxy) is 1. The number of rotatable bonds is 6. The predicted octanol–water partition coefficient (Wildman–Crippen LogP) is 1.76. The highest BCUT2D eigenvalue weighted by Gasteiger charge is 2.35. The molecule has 7 heteroatoms. The van der Waals surface area contributed by atoms with Crippen LogP contribution >= 0.6 is 0 Å². The van der Waals surface area contributed by atoms with Gasteiger partial charge in [-0.2, -0.15) is 0 Å². The lowest BCUT2D eigenvalue weighted by atomic mass is 10.1. The van der Waals surface area contributed by atoms with E-state index in [4.69, 9.17) is 4.74 Å². The van der Waals surface area contributed by atoms with Crippen LogP contribution in [-0.2, 0) is 14.8 Å². The van der Waals surface area contributed by atoms with Crippen LogP contribution in [0.1, 0.15) is 32.1 Å². The van der Waals surface area contributed by atoms with Gasteiger partial charge in [-0.3, -0.25) is 4.79 Å². The fraction of sp³-hybridized carbons (Fsp3) is 0.588. The van der Waals surface area contributed by atoms with E-state index < -0.39 is 10.0 Å². The van der Waals surface area contributed by atoms with Crippen molar-refractivity contribution in [1.82, 2.24) is 9.62 Å². The number of carbonyl (C=O) groups is 1. The number of methoxy groups -OCH3 is 1. The molecule has 1 saturated carbocycles. The van der Waals surface area contributed by atoms with Gasteiger partial charge in [-0.1, -0.05) is 18.9 Å². The third-order valence-corrected chi connectivity index (χ3v) is 6.34. The highest BCUT2D eigenvalue weighted by Crippen LogP contribution is 2.29. The number of nitrogens with zero attached hydrogens (tertiary/aromatic N) is 1. The lowest BCUT2D eigenvalue weighted by molar-refractivity contribution is -0.129. The first-order valence-electron chi connectivity index (χ1n) is 8.43. The van der Waals surface area contributed by atoms with Gasteiger partial charge in [0.25, 0.3) is 0 Å². The van der Waals surface area contributed by atoms with Crippen molar-refractivity contribution in [2.75, 3.05) is 20.2 Å². The largest absolute Gasteiger partial charge is 0.497 e. The molecule has 0 unspecified atom stereocenters. The topological polar surface area (TPSA) is 75.7 Å². The van der Waals surface area contributed by atoms with Gasteiger partial charge >= 0.3 is 0 Å². The van der Waals surface area contributed by atoms with E-state index in [-0.39, 0.29) is 23.3 Å². The zero-order chi connectivity index (χ0) is 17.2. The summed E-state index contributed by atoms with van der Waals surface area (Å²) in [4.78, 5) is 14.3. The van der Waals surface area contributed by atoms with Crippen molar-refractivity contribution < 1.29 is 17.9 Å². The summed E-state index contributed by atoms with van der Waals surface area (Å²) in [5, 5.41) is 0. The monoisotopic (exact) mass is 352 g/mol. The Balaban J connectivity index is 1.59. The zero-order valence-corrected chi connectivity index (χ0v) is 14.7. The molecule has 1 saturated heterocycles. The van der Waals surface area contributed by atoms with Crippen molar-refractivity contribution in [1.29, 1.82) is 0 Å². The van der Waals surface area contributed by atoms with Crippen molar-refractivity contribution >= 4 is 15.9 Å². The summed E-state index contributed by atoms with van der Waals surface area (Å²) in [6.45, 7) is 0.943. The molecule has 0 radical (unpaired) electrons. The minimum absolute atomic E-state index is 0.0403. The molecule has 6 nitrogen and oxygen atoms in total. The van der Waals surface area contributed by atoms with Gasteiger partial charge in [0, 0.05) is 31.6 Å². The Morgan fingerprint density at radius 2 is 2.04 bits per heavy atom. The maximum absolute atomic E-state index is 12.4. The standard InChI is InChI=1S/C17H24N2O4S/c1-23-15-7-4-8-16(10-15)24(21,22)18-11-13-9-17(20)19(12-13)14-5-2-3-6-14/h4,7-8,10,13-14,18H,2-3,5-6,9,11-12H2,1H3/t13-/m1/s1. The number of amides is 1. The number of benzene rings is 1. The second kappa shape index (κ2) is 7.11. The quantitative estimate of drug-likeness (QED) is 0.846. The summed E-state index contributed by atoms with van der Waals surface area (Å²) in [5.41, 5.74) is 0. The van der Waals surface area contributed by atoms with Crippen LogP contribution in [-0.4, -0.2) is 45.5 Å². The first kappa shape index (κ1) is 17.2. The Labute approximate surface area is 143 Å². The number of hydrogen-bond donors (Lipinski definition) is 1. The minimum Gasteiger partial charge on any atom is -0.497 e. The second-order valence-electron chi connectivity index (χ2n) is 6.59. The Kier molecular flexibility index (Phi) is 5.10. The fourth-order valence-corrected chi connectivity index (χ4v) is 4.74. The molecular weight excluding hydrogens is 328 g/mol. The molecule has 0 aromatic heterocycles. The number of hydrogen-bond acceptors (Lipinski definition) is 4. The van der Waals surface area contributed by atoms with E-state index >= 15 is 0 Å². The zero-order valence-electron chi connectivity index (χ0n) is 13.9. The van der Waals surface area contributed by atoms with Crippen molar-refractivity contribution in [3.8, 4) is 5.75 Å². The number of carbonyl (C=O) groups excluding carboxylic acids is 1. The summed E-state index contributed by atoms with van der Waals surface area (Å²) < 4.78 is 32.5. The van der Waals surface area contributed by atoms with Crippen molar-refractivity contribution in [3.63, 3.8) is 0 Å². The molecule has 1 atom stereocenters. The molecule has 1 aromatic carbocycles. The van der Waals surface area contributed by atoms with E-state index in [1.165, 1.54) is 32.1 Å². The molecule has 24 heavy (non-hydrogen) atoms. The number of sulfonamides is 1. The van der Waals surface area contributed by atoms with Crippen LogP contribution in [0.2, 0.25) is 0 Å². The molecule has 1 N–H and O–H groups in total. The molecule has 1 aromatic rings. The van der Waals surface area contributed by atoms with Crippen molar-refractivity contribution in [2.45, 2.75) is 43.0 Å². The SMILES string of the molecule is COc1cccc(S(=O)(=O)NC[C@H]2CC(=O)N(C3CCCC3)C2)c1. The van der Waals surface area contributed by atoms with Crippen LogP contribution in [0.3, 0.4) is 0 Å². The molecule has 132 valence electrons. The van der Waals surface area contributed by atoms with Gasteiger partial charge in [-0.25, -0.2) is 13.1 Å². The van der Waals surface area contributed by atoms with E-state index in [1.54, 1.807) is 12.1 Å². The summed E-state index contributed by atoms with van der Waals surface area (Å²) >= 11 is 0. The predicted molar refractivity (Wildman–Crippen MR) is 90.3 cm³/mol. The molecule has 2 aliphatic rings. The lowest BCUT2D eigenvalue weighted by Gasteiger charge is -2.24. The normalized spacial score (nSPS) is 22.3. The Hall–Kier alpha value is -1.60.